The van der Waals surface area contributed by atoms with E-state index in [0.717, 1.165) is 0 Å². The molecular formula is C29H24O10. The van der Waals surface area contributed by atoms with E-state index in [4.69, 9.17) is 32.8 Å². The third-order valence-electron chi connectivity index (χ3n) is 6.18. The minimum atomic E-state index is -0.664. The molecule has 0 N–H and O–H groups in total. The normalized spacial score (nSPS) is 11.8. The zero-order valence-corrected chi connectivity index (χ0v) is 21.8. The number of fused-ring (bicyclic) bond motifs is 2. The Morgan fingerprint density at radius 1 is 0.769 bits per heavy atom. The molecule has 0 saturated heterocycles. The molecule has 0 radical (unpaired) electrons. The summed E-state index contributed by atoms with van der Waals surface area (Å²) in [4.78, 5) is 37.0. The van der Waals surface area contributed by atoms with Crippen molar-refractivity contribution in [1.82, 2.24) is 0 Å². The molecule has 0 saturated carbocycles. The Labute approximate surface area is 222 Å². The molecule has 3 aromatic carbocycles. The fraction of sp³-hybridized carbons (Fsp3) is 0.207. The highest BCUT2D eigenvalue weighted by atomic mass is 16.7. The Morgan fingerprint density at radius 2 is 1.44 bits per heavy atom. The quantitative estimate of drug-likeness (QED) is 0.190. The van der Waals surface area contributed by atoms with Gasteiger partial charge in [0.05, 0.1) is 19.8 Å². The maximum absolute atomic E-state index is 13.7. The minimum Gasteiger partial charge on any atom is -0.493 e. The molecule has 0 spiro atoms. The van der Waals surface area contributed by atoms with Crippen LogP contribution in [0.15, 0.2) is 51.7 Å². The third-order valence-corrected chi connectivity index (χ3v) is 6.18. The number of carbonyl (C=O) groups is 2. The molecule has 0 unspecified atom stereocenters. The number of carbonyl (C=O) groups excluding carboxylic acids is 2. The van der Waals surface area contributed by atoms with Crippen molar-refractivity contribution in [2.45, 2.75) is 20.8 Å². The molecule has 1 aliphatic rings. The molecule has 5 rings (SSSR count). The summed E-state index contributed by atoms with van der Waals surface area (Å²) in [7, 11) is 2.82. The van der Waals surface area contributed by atoms with Gasteiger partial charge in [-0.3, -0.25) is 9.59 Å². The summed E-state index contributed by atoms with van der Waals surface area (Å²) in [6.07, 6.45) is 0. The highest BCUT2D eigenvalue weighted by molar-refractivity contribution is 6.03. The summed E-state index contributed by atoms with van der Waals surface area (Å²) in [6.45, 7) is 4.34. The van der Waals surface area contributed by atoms with Gasteiger partial charge in [0, 0.05) is 30.4 Å². The van der Waals surface area contributed by atoms with Gasteiger partial charge >= 0.3 is 17.6 Å². The number of ether oxygens (including phenoxy) is 6. The number of esters is 2. The molecular weight excluding hydrogens is 508 g/mol. The number of methoxy groups -OCH3 is 2. The average molecular weight is 533 g/mol. The molecule has 0 atom stereocenters. The van der Waals surface area contributed by atoms with E-state index in [1.165, 1.54) is 28.1 Å². The van der Waals surface area contributed by atoms with Crippen molar-refractivity contribution < 1.29 is 42.4 Å². The molecule has 0 amide bonds. The van der Waals surface area contributed by atoms with Crippen LogP contribution in [-0.4, -0.2) is 33.0 Å². The van der Waals surface area contributed by atoms with Crippen LogP contribution < -0.4 is 34.0 Å². The first-order valence-electron chi connectivity index (χ1n) is 11.9. The van der Waals surface area contributed by atoms with E-state index in [1.807, 2.05) is 6.07 Å². The van der Waals surface area contributed by atoms with Gasteiger partial charge in [-0.15, -0.1) is 0 Å². The second kappa shape index (κ2) is 10.1. The van der Waals surface area contributed by atoms with E-state index < -0.39 is 17.6 Å². The van der Waals surface area contributed by atoms with Crippen molar-refractivity contribution in [3.63, 3.8) is 0 Å². The van der Waals surface area contributed by atoms with Gasteiger partial charge in [-0.1, -0.05) is 6.07 Å². The molecule has 1 aromatic heterocycles. The first-order valence-corrected chi connectivity index (χ1v) is 11.9. The van der Waals surface area contributed by atoms with E-state index in [2.05, 4.69) is 0 Å². The van der Waals surface area contributed by atoms with Crippen LogP contribution in [0.4, 0.5) is 0 Å². The smallest absolute Gasteiger partial charge is 0.344 e. The van der Waals surface area contributed by atoms with Gasteiger partial charge in [-0.2, -0.15) is 0 Å². The Hall–Kier alpha value is -4.99. The van der Waals surface area contributed by atoms with Crippen LogP contribution in [0.25, 0.3) is 33.2 Å². The fourth-order valence-electron chi connectivity index (χ4n) is 4.53. The third kappa shape index (κ3) is 4.61. The predicted octanol–water partition coefficient (Wildman–Crippen LogP) is 5.03. The lowest BCUT2D eigenvalue weighted by Crippen LogP contribution is -2.09. The zero-order chi connectivity index (χ0) is 27.8. The van der Waals surface area contributed by atoms with Crippen LogP contribution >= 0.6 is 0 Å². The van der Waals surface area contributed by atoms with Crippen LogP contribution in [0.1, 0.15) is 19.4 Å². The topological polar surface area (TPSA) is 120 Å². The Morgan fingerprint density at radius 3 is 2.08 bits per heavy atom. The van der Waals surface area contributed by atoms with E-state index >= 15 is 0 Å². The minimum absolute atomic E-state index is 0.0768. The Balaban J connectivity index is 1.86. The highest BCUT2D eigenvalue weighted by Gasteiger charge is 2.25. The van der Waals surface area contributed by atoms with Gasteiger partial charge in [-0.25, -0.2) is 4.79 Å². The van der Waals surface area contributed by atoms with Crippen LogP contribution in [0.5, 0.6) is 34.5 Å². The molecule has 0 fully saturated rings. The van der Waals surface area contributed by atoms with E-state index in [0.29, 0.717) is 39.1 Å². The molecule has 0 aliphatic carbocycles. The second-order valence-corrected chi connectivity index (χ2v) is 8.67. The standard InChI is InChI=1S/C29H24O10/c1-14-20(37-15(2)30)9-7-19-25(17-6-8-21-22(10-17)36-13-35-21)26(29(32)39-27(14)19)18-11-23(33-4)28(38-16(3)31)24(12-18)34-5/h6-12H,13H2,1-5H3. The van der Waals surface area contributed by atoms with Gasteiger partial charge in [0.15, 0.2) is 23.0 Å². The van der Waals surface area contributed by atoms with Crippen LogP contribution in [0.3, 0.4) is 0 Å². The maximum Gasteiger partial charge on any atom is 0.344 e. The van der Waals surface area contributed by atoms with Gasteiger partial charge in [0.2, 0.25) is 12.5 Å². The zero-order valence-electron chi connectivity index (χ0n) is 21.8. The lowest BCUT2D eigenvalue weighted by molar-refractivity contribution is -0.133. The lowest BCUT2D eigenvalue weighted by atomic mass is 9.91. The predicted molar refractivity (Wildman–Crippen MR) is 140 cm³/mol. The van der Waals surface area contributed by atoms with E-state index in [1.54, 1.807) is 43.3 Å². The molecule has 10 heteroatoms. The van der Waals surface area contributed by atoms with Gasteiger partial charge < -0.3 is 32.8 Å². The van der Waals surface area contributed by atoms with Crippen molar-refractivity contribution in [3.05, 3.63) is 58.4 Å². The van der Waals surface area contributed by atoms with Crippen LogP contribution in [-0.2, 0) is 9.59 Å². The summed E-state index contributed by atoms with van der Waals surface area (Å²) in [5.74, 6) is 0.742. The van der Waals surface area contributed by atoms with Crippen molar-refractivity contribution in [3.8, 4) is 56.8 Å². The molecule has 10 nitrogen and oxygen atoms in total. The lowest BCUT2D eigenvalue weighted by Gasteiger charge is -2.18. The number of hydrogen-bond acceptors (Lipinski definition) is 10. The van der Waals surface area contributed by atoms with Crippen molar-refractivity contribution in [1.29, 1.82) is 0 Å². The summed E-state index contributed by atoms with van der Waals surface area (Å²) in [5.41, 5.74) is 1.84. The summed E-state index contributed by atoms with van der Waals surface area (Å²) < 4.78 is 38.5. The number of rotatable bonds is 6. The summed E-state index contributed by atoms with van der Waals surface area (Å²) in [6, 6.07) is 11.8. The van der Waals surface area contributed by atoms with Crippen LogP contribution in [0, 0.1) is 6.92 Å². The maximum atomic E-state index is 13.7. The van der Waals surface area contributed by atoms with E-state index in [-0.39, 0.29) is 40.9 Å². The SMILES string of the molecule is COc1cc(-c2c(-c3ccc4c(c3)OCO4)c3ccc(OC(C)=O)c(C)c3oc2=O)cc(OC)c1OC(C)=O. The first-order chi connectivity index (χ1) is 18.7. The Kier molecular flexibility index (Phi) is 6.61. The molecule has 1 aliphatic heterocycles. The molecule has 0 bridgehead atoms. The molecule has 4 aromatic rings. The van der Waals surface area contributed by atoms with Crippen LogP contribution in [0.2, 0.25) is 0 Å². The number of aryl methyl sites for hydroxylation is 1. The average Bonchev–Trinajstić information content (AvgIpc) is 3.37. The number of hydrogen-bond donors (Lipinski definition) is 0. The fourth-order valence-corrected chi connectivity index (χ4v) is 4.53. The highest BCUT2D eigenvalue weighted by Crippen LogP contribution is 2.46. The van der Waals surface area contributed by atoms with Crippen molar-refractivity contribution >= 4 is 22.9 Å². The molecule has 2 heterocycles. The molecule has 39 heavy (non-hydrogen) atoms. The van der Waals surface area contributed by atoms with Gasteiger partial charge in [0.1, 0.15) is 11.3 Å². The van der Waals surface area contributed by atoms with Crippen molar-refractivity contribution in [2.24, 2.45) is 0 Å². The van der Waals surface area contributed by atoms with Gasteiger partial charge in [-0.05, 0) is 54.4 Å². The monoisotopic (exact) mass is 532 g/mol. The van der Waals surface area contributed by atoms with E-state index in [9.17, 15) is 14.4 Å². The largest absolute Gasteiger partial charge is 0.493 e. The second-order valence-electron chi connectivity index (χ2n) is 8.67. The Bertz CT molecular complexity index is 1670. The van der Waals surface area contributed by atoms with Crippen molar-refractivity contribution in [2.75, 3.05) is 21.0 Å². The number of benzene rings is 3. The molecule has 200 valence electrons. The summed E-state index contributed by atoms with van der Waals surface area (Å²) >= 11 is 0. The summed E-state index contributed by atoms with van der Waals surface area (Å²) in [5, 5.41) is 0.582. The van der Waals surface area contributed by atoms with Gasteiger partial charge in [0.25, 0.3) is 0 Å². The first kappa shape index (κ1) is 25.7.